The van der Waals surface area contributed by atoms with Gasteiger partial charge in [-0.05, 0) is 56.4 Å². The molecule has 21 heavy (non-hydrogen) atoms. The van der Waals surface area contributed by atoms with Gasteiger partial charge in [0.25, 0.3) is 0 Å². The Kier molecular flexibility index (Phi) is 5.36. The number of hydrogen-bond donors (Lipinski definition) is 0. The van der Waals surface area contributed by atoms with E-state index in [1.807, 2.05) is 19.9 Å². The van der Waals surface area contributed by atoms with Crippen molar-refractivity contribution < 1.29 is 14.3 Å². The Balaban J connectivity index is 3.43. The Morgan fingerprint density at radius 2 is 1.81 bits per heavy atom. The summed E-state index contributed by atoms with van der Waals surface area (Å²) in [6.45, 7) is 4.01. The molecule has 0 aliphatic rings. The molecule has 1 aromatic rings. The molecule has 1 rings (SSSR count). The second kappa shape index (κ2) is 6.44. The summed E-state index contributed by atoms with van der Waals surface area (Å²) in [6, 6.07) is 5.35. The molecule has 0 saturated carbocycles. The molecule has 0 amide bonds. The maximum absolute atomic E-state index is 12.0. The van der Waals surface area contributed by atoms with E-state index in [1.54, 1.807) is 19.2 Å². The van der Waals surface area contributed by atoms with Crippen LogP contribution in [0.5, 0.6) is 5.75 Å². The molecule has 0 heterocycles. The van der Waals surface area contributed by atoms with Gasteiger partial charge in [-0.3, -0.25) is 0 Å². The summed E-state index contributed by atoms with van der Waals surface area (Å²) in [4.78, 5) is 12.0. The van der Waals surface area contributed by atoms with Crippen LogP contribution in [0.2, 0.25) is 0 Å². The highest BCUT2D eigenvalue weighted by Gasteiger charge is 2.26. The van der Waals surface area contributed by atoms with Gasteiger partial charge in [-0.1, -0.05) is 11.2 Å². The topological polar surface area (TPSA) is 35.5 Å². The van der Waals surface area contributed by atoms with Crippen LogP contribution in [0, 0.1) is 11.2 Å². The molecule has 116 valence electrons. The molecule has 0 aliphatic heterocycles. The molecular weight excluding hydrogens is 284 g/mol. The first-order valence-corrected chi connectivity index (χ1v) is 9.45. The van der Waals surface area contributed by atoms with Crippen LogP contribution in [0.3, 0.4) is 0 Å². The number of ether oxygens (including phenoxy) is 2. The summed E-state index contributed by atoms with van der Waals surface area (Å²) in [5, 5.41) is 3.32. The highest BCUT2D eigenvalue weighted by Crippen LogP contribution is 2.35. The van der Waals surface area contributed by atoms with Gasteiger partial charge in [0.1, 0.15) is 5.75 Å². The molecule has 0 spiro atoms. The van der Waals surface area contributed by atoms with Gasteiger partial charge in [0.15, 0.2) is 0 Å². The minimum Gasteiger partial charge on any atom is -0.497 e. The minimum absolute atomic E-state index is 0.356. The predicted molar refractivity (Wildman–Crippen MR) is 90.5 cm³/mol. The SMILES string of the molecule is COC(=O)c1ccc(OC)cc1C(C)(C)C#CS(C)(C)C. The van der Waals surface area contributed by atoms with Gasteiger partial charge in [0.05, 0.1) is 25.2 Å². The van der Waals surface area contributed by atoms with E-state index in [-0.39, 0.29) is 5.97 Å². The molecule has 0 unspecified atom stereocenters. The molecule has 0 saturated heterocycles. The fourth-order valence-electron chi connectivity index (χ4n) is 1.80. The quantitative estimate of drug-likeness (QED) is 0.634. The Bertz CT molecular complexity index is 586. The number of hydrogen-bond acceptors (Lipinski definition) is 3. The summed E-state index contributed by atoms with van der Waals surface area (Å²) in [7, 11) is 2.06. The standard InChI is InChI=1S/C17H24O3S/c1-17(2,10-11-21(5,6)7)15-12-13(19-3)8-9-14(15)16(18)20-4/h8-9,12H,1-7H3. The first-order chi connectivity index (χ1) is 9.60. The molecule has 1 aromatic carbocycles. The zero-order chi connectivity index (χ0) is 16.3. The third-order valence-electron chi connectivity index (χ3n) is 2.98. The summed E-state index contributed by atoms with van der Waals surface area (Å²) in [6.07, 6.45) is 6.43. The first-order valence-electron chi connectivity index (χ1n) is 6.60. The van der Waals surface area contributed by atoms with Crippen molar-refractivity contribution >= 4 is 16.0 Å². The minimum atomic E-state index is -0.928. The molecule has 0 N–H and O–H groups in total. The molecule has 3 nitrogen and oxygen atoms in total. The van der Waals surface area contributed by atoms with E-state index >= 15 is 0 Å². The third kappa shape index (κ3) is 4.71. The second-order valence-electron chi connectivity index (χ2n) is 6.09. The highest BCUT2D eigenvalue weighted by molar-refractivity contribution is 8.35. The van der Waals surface area contributed by atoms with Gasteiger partial charge >= 0.3 is 5.97 Å². The van der Waals surface area contributed by atoms with Gasteiger partial charge in [-0.25, -0.2) is 4.79 Å². The molecule has 0 bridgehead atoms. The van der Waals surface area contributed by atoms with E-state index in [1.165, 1.54) is 7.11 Å². The van der Waals surface area contributed by atoms with Crippen molar-refractivity contribution in [1.82, 2.24) is 0 Å². The van der Waals surface area contributed by atoms with Crippen molar-refractivity contribution in [3.63, 3.8) is 0 Å². The average Bonchev–Trinajstić information content (AvgIpc) is 2.43. The second-order valence-corrected chi connectivity index (χ2v) is 9.97. The average molecular weight is 308 g/mol. The van der Waals surface area contributed by atoms with Crippen molar-refractivity contribution in [1.29, 1.82) is 0 Å². The van der Waals surface area contributed by atoms with Gasteiger partial charge in [-0.15, -0.1) is 0 Å². The van der Waals surface area contributed by atoms with E-state index in [4.69, 9.17) is 9.47 Å². The van der Waals surface area contributed by atoms with Gasteiger partial charge in [0.2, 0.25) is 0 Å². The summed E-state index contributed by atoms with van der Waals surface area (Å²) in [5.74, 6) is 3.66. The van der Waals surface area contributed by atoms with E-state index in [0.29, 0.717) is 11.3 Å². The molecule has 0 atom stereocenters. The lowest BCUT2D eigenvalue weighted by molar-refractivity contribution is 0.0598. The molecule has 0 fully saturated rings. The number of benzene rings is 1. The fraction of sp³-hybridized carbons (Fsp3) is 0.471. The van der Waals surface area contributed by atoms with Gasteiger partial charge in [-0.2, -0.15) is 10.0 Å². The first kappa shape index (κ1) is 17.5. The molecular formula is C17H24O3S. The van der Waals surface area contributed by atoms with E-state index < -0.39 is 15.4 Å². The van der Waals surface area contributed by atoms with Crippen LogP contribution >= 0.6 is 10.0 Å². The Morgan fingerprint density at radius 3 is 2.29 bits per heavy atom. The normalized spacial score (nSPS) is 12.1. The monoisotopic (exact) mass is 308 g/mol. The molecule has 0 aromatic heterocycles. The Hall–Kier alpha value is -1.60. The molecule has 0 radical (unpaired) electrons. The molecule has 0 aliphatic carbocycles. The summed E-state index contributed by atoms with van der Waals surface area (Å²) in [5.41, 5.74) is 0.893. The number of carbonyl (C=O) groups excluding carboxylic acids is 1. The fourth-order valence-corrected chi connectivity index (χ4v) is 2.36. The lowest BCUT2D eigenvalue weighted by Crippen LogP contribution is -2.20. The maximum atomic E-state index is 12.0. The smallest absolute Gasteiger partial charge is 0.338 e. The van der Waals surface area contributed by atoms with E-state index in [9.17, 15) is 4.79 Å². The zero-order valence-electron chi connectivity index (χ0n) is 13.9. The van der Waals surface area contributed by atoms with Crippen LogP contribution in [0.1, 0.15) is 29.8 Å². The summed E-state index contributed by atoms with van der Waals surface area (Å²) < 4.78 is 10.1. The largest absolute Gasteiger partial charge is 0.497 e. The third-order valence-corrected chi connectivity index (χ3v) is 3.69. The number of rotatable bonds is 3. The van der Waals surface area contributed by atoms with Gasteiger partial charge < -0.3 is 9.47 Å². The van der Waals surface area contributed by atoms with E-state index in [0.717, 1.165) is 5.56 Å². The molecule has 4 heteroatoms. The summed E-state index contributed by atoms with van der Waals surface area (Å²) >= 11 is 0. The highest BCUT2D eigenvalue weighted by atomic mass is 32.3. The van der Waals surface area contributed by atoms with E-state index in [2.05, 4.69) is 29.9 Å². The predicted octanol–water partition coefficient (Wildman–Crippen LogP) is 3.41. The van der Waals surface area contributed by atoms with Crippen molar-refractivity contribution in [3.05, 3.63) is 29.3 Å². The van der Waals surface area contributed by atoms with Crippen LogP contribution < -0.4 is 4.74 Å². The lowest BCUT2D eigenvalue weighted by atomic mass is 9.82. The van der Waals surface area contributed by atoms with Crippen molar-refractivity contribution in [2.24, 2.45) is 0 Å². The number of methoxy groups -OCH3 is 2. The Morgan fingerprint density at radius 1 is 1.19 bits per heavy atom. The van der Waals surface area contributed by atoms with Crippen molar-refractivity contribution in [2.75, 3.05) is 33.0 Å². The van der Waals surface area contributed by atoms with Crippen molar-refractivity contribution in [2.45, 2.75) is 19.3 Å². The van der Waals surface area contributed by atoms with Crippen molar-refractivity contribution in [3.8, 4) is 16.9 Å². The maximum Gasteiger partial charge on any atom is 0.338 e. The zero-order valence-corrected chi connectivity index (χ0v) is 14.7. The van der Waals surface area contributed by atoms with Crippen LogP contribution in [-0.4, -0.2) is 39.0 Å². The van der Waals surface area contributed by atoms with Crippen LogP contribution in [0.4, 0.5) is 0 Å². The van der Waals surface area contributed by atoms with Crippen LogP contribution in [0.15, 0.2) is 18.2 Å². The van der Waals surface area contributed by atoms with Crippen LogP contribution in [-0.2, 0) is 10.2 Å². The van der Waals surface area contributed by atoms with Gasteiger partial charge in [0, 0.05) is 0 Å². The number of esters is 1. The van der Waals surface area contributed by atoms with Crippen LogP contribution in [0.25, 0.3) is 0 Å². The number of carbonyl (C=O) groups is 1. The lowest BCUT2D eigenvalue weighted by Gasteiger charge is -2.24. The Labute approximate surface area is 129 Å².